The third kappa shape index (κ3) is 1.89. The first kappa shape index (κ1) is 12.4. The van der Waals surface area contributed by atoms with Crippen molar-refractivity contribution < 1.29 is 23.7 Å². The molecule has 5 heteroatoms. The van der Waals surface area contributed by atoms with Crippen molar-refractivity contribution in [2.75, 3.05) is 0 Å². The Morgan fingerprint density at radius 1 is 1.00 bits per heavy atom. The Kier molecular flexibility index (Phi) is 2.27. The molecule has 0 bridgehead atoms. The van der Waals surface area contributed by atoms with Crippen LogP contribution in [-0.2, 0) is 23.7 Å². The van der Waals surface area contributed by atoms with Crippen LogP contribution in [0.1, 0.15) is 34.6 Å². The number of hydrogen-bond donors (Lipinski definition) is 0. The monoisotopic (exact) mass is 266 g/mol. The van der Waals surface area contributed by atoms with Crippen LogP contribution in [-0.4, -0.2) is 17.9 Å². The van der Waals surface area contributed by atoms with E-state index in [1.807, 2.05) is 34.6 Å². The minimum atomic E-state index is -0.757. The van der Waals surface area contributed by atoms with Crippen LogP contribution in [0, 0.1) is 0 Å². The maximum absolute atomic E-state index is 5.81. The first-order valence-corrected chi connectivity index (χ1v) is 6.25. The van der Waals surface area contributed by atoms with Gasteiger partial charge in [0.2, 0.25) is 28.9 Å². The largest absolute Gasteiger partial charge is 0.456 e. The highest BCUT2D eigenvalue weighted by Crippen LogP contribution is 2.47. The van der Waals surface area contributed by atoms with Crippen LogP contribution in [0.4, 0.5) is 0 Å². The summed E-state index contributed by atoms with van der Waals surface area (Å²) in [6.07, 6.45) is -0.613. The lowest BCUT2D eigenvalue weighted by Crippen LogP contribution is -2.24. The summed E-state index contributed by atoms with van der Waals surface area (Å²) < 4.78 is 28.8. The van der Waals surface area contributed by atoms with Crippen LogP contribution in [0.25, 0.3) is 0 Å². The SMILES string of the molecule is C=C(C)C1=C2OC(C)(C)OC2=C2OC(C)(C)O[C@@H]2O1. The van der Waals surface area contributed by atoms with Gasteiger partial charge in [0.1, 0.15) is 0 Å². The molecule has 2 saturated heterocycles. The molecule has 0 aromatic carbocycles. The van der Waals surface area contributed by atoms with Crippen molar-refractivity contribution in [1.29, 1.82) is 0 Å². The molecule has 1 atom stereocenters. The molecule has 0 aliphatic carbocycles. The Bertz CT molecular complexity index is 524. The molecule has 0 N–H and O–H groups in total. The van der Waals surface area contributed by atoms with Gasteiger partial charge in [-0.3, -0.25) is 4.74 Å². The summed E-state index contributed by atoms with van der Waals surface area (Å²) >= 11 is 0. The van der Waals surface area contributed by atoms with E-state index in [-0.39, 0.29) is 0 Å². The minimum absolute atomic E-state index is 0.524. The highest BCUT2D eigenvalue weighted by Gasteiger charge is 2.51. The Morgan fingerprint density at radius 3 is 2.26 bits per heavy atom. The maximum atomic E-state index is 5.81. The number of rotatable bonds is 1. The van der Waals surface area contributed by atoms with Gasteiger partial charge in [0, 0.05) is 27.7 Å². The Morgan fingerprint density at radius 2 is 1.63 bits per heavy atom. The van der Waals surface area contributed by atoms with Gasteiger partial charge in [0.15, 0.2) is 5.76 Å². The Hall–Kier alpha value is -1.62. The topological polar surface area (TPSA) is 46.2 Å². The van der Waals surface area contributed by atoms with Crippen molar-refractivity contribution in [2.45, 2.75) is 52.5 Å². The fourth-order valence-electron chi connectivity index (χ4n) is 2.25. The zero-order valence-electron chi connectivity index (χ0n) is 11.8. The molecule has 0 amide bonds. The van der Waals surface area contributed by atoms with E-state index >= 15 is 0 Å². The maximum Gasteiger partial charge on any atom is 0.266 e. The van der Waals surface area contributed by atoms with E-state index < -0.39 is 17.9 Å². The molecule has 19 heavy (non-hydrogen) atoms. The first-order chi connectivity index (χ1) is 8.69. The molecule has 0 aromatic rings. The van der Waals surface area contributed by atoms with Crippen LogP contribution in [0.3, 0.4) is 0 Å². The van der Waals surface area contributed by atoms with Gasteiger partial charge in [-0.15, -0.1) is 0 Å². The summed E-state index contributed by atoms with van der Waals surface area (Å²) in [5.74, 6) is 0.645. The first-order valence-electron chi connectivity index (χ1n) is 6.25. The summed E-state index contributed by atoms with van der Waals surface area (Å²) in [5, 5.41) is 0. The van der Waals surface area contributed by atoms with Crippen molar-refractivity contribution in [1.82, 2.24) is 0 Å². The molecule has 3 heterocycles. The fraction of sp³-hybridized carbons (Fsp3) is 0.571. The fourth-order valence-corrected chi connectivity index (χ4v) is 2.25. The number of hydrogen-bond acceptors (Lipinski definition) is 5. The standard InChI is InChI=1S/C14H18O5/c1-7(2)8-9-10(17-13(3,4)16-9)11-12(15-8)19-14(5,6)18-11/h12H,1H2,2-6H3/t12-/m0/s1. The van der Waals surface area contributed by atoms with Gasteiger partial charge in [-0.25, -0.2) is 0 Å². The molecule has 0 aromatic heterocycles. The zero-order valence-corrected chi connectivity index (χ0v) is 11.8. The van der Waals surface area contributed by atoms with Gasteiger partial charge >= 0.3 is 0 Å². The summed E-state index contributed by atoms with van der Waals surface area (Å²) in [5.41, 5.74) is 0.751. The molecule has 2 fully saturated rings. The molecule has 0 spiro atoms. The lowest BCUT2D eigenvalue weighted by atomic mass is 10.2. The van der Waals surface area contributed by atoms with Crippen LogP contribution in [0.5, 0.6) is 0 Å². The average molecular weight is 266 g/mol. The predicted octanol–water partition coefficient (Wildman–Crippen LogP) is 2.91. The van der Waals surface area contributed by atoms with Gasteiger partial charge in [0.25, 0.3) is 6.29 Å². The minimum Gasteiger partial charge on any atom is -0.456 e. The van der Waals surface area contributed by atoms with Crippen molar-refractivity contribution >= 4 is 0 Å². The van der Waals surface area contributed by atoms with E-state index in [0.29, 0.717) is 23.0 Å². The van der Waals surface area contributed by atoms with Crippen LogP contribution in [0.15, 0.2) is 35.2 Å². The second kappa shape index (κ2) is 3.48. The van der Waals surface area contributed by atoms with Gasteiger partial charge in [-0.2, -0.15) is 0 Å². The summed E-state index contributed by atoms with van der Waals surface area (Å²) in [6, 6.07) is 0. The molecule has 3 aliphatic rings. The molecule has 0 radical (unpaired) electrons. The normalized spacial score (nSPS) is 29.8. The molecule has 104 valence electrons. The van der Waals surface area contributed by atoms with Crippen molar-refractivity contribution in [2.24, 2.45) is 0 Å². The molecule has 0 unspecified atom stereocenters. The van der Waals surface area contributed by atoms with E-state index in [1.54, 1.807) is 0 Å². The molecule has 3 aliphatic heterocycles. The summed E-state index contributed by atoms with van der Waals surface area (Å²) in [7, 11) is 0. The molecule has 3 rings (SSSR count). The number of fused-ring (bicyclic) bond motifs is 2. The van der Waals surface area contributed by atoms with Crippen LogP contribution >= 0.6 is 0 Å². The van der Waals surface area contributed by atoms with E-state index in [1.165, 1.54) is 0 Å². The average Bonchev–Trinajstić information content (AvgIpc) is 2.70. The van der Waals surface area contributed by atoms with Gasteiger partial charge in [-0.1, -0.05) is 6.58 Å². The summed E-state index contributed by atoms with van der Waals surface area (Å²) in [4.78, 5) is 0. The van der Waals surface area contributed by atoms with E-state index in [4.69, 9.17) is 23.7 Å². The summed E-state index contributed by atoms with van der Waals surface area (Å²) in [6.45, 7) is 13.1. The smallest absolute Gasteiger partial charge is 0.266 e. The van der Waals surface area contributed by atoms with Crippen molar-refractivity contribution in [3.8, 4) is 0 Å². The molecule has 0 saturated carbocycles. The Balaban J connectivity index is 2.11. The highest BCUT2D eigenvalue weighted by molar-refractivity contribution is 5.41. The van der Waals surface area contributed by atoms with E-state index in [2.05, 4.69) is 6.58 Å². The van der Waals surface area contributed by atoms with Gasteiger partial charge in [-0.05, 0) is 12.5 Å². The highest BCUT2D eigenvalue weighted by atomic mass is 16.8. The van der Waals surface area contributed by atoms with Crippen LogP contribution < -0.4 is 0 Å². The zero-order chi connectivity index (χ0) is 14.0. The predicted molar refractivity (Wildman–Crippen MR) is 66.2 cm³/mol. The van der Waals surface area contributed by atoms with E-state index in [0.717, 1.165) is 5.57 Å². The second-order valence-electron chi connectivity index (χ2n) is 5.81. The van der Waals surface area contributed by atoms with Crippen molar-refractivity contribution in [3.05, 3.63) is 35.2 Å². The van der Waals surface area contributed by atoms with Crippen molar-refractivity contribution in [3.63, 3.8) is 0 Å². The second-order valence-corrected chi connectivity index (χ2v) is 5.81. The van der Waals surface area contributed by atoms with Gasteiger partial charge < -0.3 is 18.9 Å². The number of allylic oxidation sites excluding steroid dienone is 1. The molecular formula is C14H18O5. The lowest BCUT2D eigenvalue weighted by Gasteiger charge is -2.21. The quantitative estimate of drug-likeness (QED) is 0.730. The van der Waals surface area contributed by atoms with E-state index in [9.17, 15) is 0 Å². The third-order valence-electron chi connectivity index (χ3n) is 2.91. The van der Waals surface area contributed by atoms with Crippen LogP contribution in [0.2, 0.25) is 0 Å². The number of ether oxygens (including phenoxy) is 5. The molecule has 5 nitrogen and oxygen atoms in total. The van der Waals surface area contributed by atoms with Gasteiger partial charge in [0.05, 0.1) is 0 Å². The third-order valence-corrected chi connectivity index (χ3v) is 2.91. The lowest BCUT2D eigenvalue weighted by molar-refractivity contribution is -0.180. The molecular weight excluding hydrogens is 248 g/mol. The Labute approximate surface area is 112 Å².